The molecule has 1 aliphatic rings. The van der Waals surface area contributed by atoms with Gasteiger partial charge < -0.3 is 4.90 Å². The first-order chi connectivity index (χ1) is 7.86. The van der Waals surface area contributed by atoms with E-state index in [9.17, 15) is 0 Å². The number of nitrogens with zero attached hydrogens (tertiary/aromatic N) is 3. The van der Waals surface area contributed by atoms with E-state index >= 15 is 0 Å². The molecule has 16 heavy (non-hydrogen) atoms. The van der Waals surface area contributed by atoms with Gasteiger partial charge in [-0.3, -0.25) is 0 Å². The summed E-state index contributed by atoms with van der Waals surface area (Å²) in [5, 5.41) is 17.4. The van der Waals surface area contributed by atoms with Gasteiger partial charge in [0.05, 0.1) is 18.6 Å². The van der Waals surface area contributed by atoms with E-state index in [2.05, 4.69) is 29.2 Å². The van der Waals surface area contributed by atoms with Crippen molar-refractivity contribution >= 4 is 5.69 Å². The number of nitriles is 2. The van der Waals surface area contributed by atoms with Crippen LogP contribution in [-0.4, -0.2) is 13.1 Å². The molecule has 1 heterocycles. The Balaban J connectivity index is 2.22. The normalized spacial score (nSPS) is 17.6. The van der Waals surface area contributed by atoms with Crippen LogP contribution in [-0.2, 0) is 0 Å². The van der Waals surface area contributed by atoms with Crippen LogP contribution >= 0.6 is 0 Å². The molecule has 0 saturated heterocycles. The summed E-state index contributed by atoms with van der Waals surface area (Å²) in [6.45, 7) is 1.63. The van der Waals surface area contributed by atoms with Crippen LogP contribution in [0.15, 0.2) is 24.3 Å². The summed E-state index contributed by atoms with van der Waals surface area (Å²) in [6.07, 6.45) is 1.09. The minimum absolute atomic E-state index is 0.305. The molecular weight excluding hydrogens is 198 g/mol. The van der Waals surface area contributed by atoms with Gasteiger partial charge in [0.1, 0.15) is 0 Å². The SMILES string of the molecule is N#CCCN1CC(CC#N)c2ccccc21. The molecule has 0 amide bonds. The van der Waals surface area contributed by atoms with Crippen molar-refractivity contribution in [3.8, 4) is 12.1 Å². The summed E-state index contributed by atoms with van der Waals surface area (Å²) in [5.74, 6) is 0.305. The van der Waals surface area contributed by atoms with Gasteiger partial charge in [0.25, 0.3) is 0 Å². The van der Waals surface area contributed by atoms with Crippen molar-refractivity contribution in [1.29, 1.82) is 10.5 Å². The molecule has 0 saturated carbocycles. The molecule has 0 spiro atoms. The van der Waals surface area contributed by atoms with Crippen LogP contribution in [0.5, 0.6) is 0 Å². The molecule has 3 nitrogen and oxygen atoms in total. The Morgan fingerprint density at radius 2 is 2.06 bits per heavy atom. The topological polar surface area (TPSA) is 50.8 Å². The lowest BCUT2D eigenvalue weighted by atomic mass is 9.99. The Hall–Kier alpha value is -2.00. The van der Waals surface area contributed by atoms with Gasteiger partial charge >= 0.3 is 0 Å². The Bertz CT molecular complexity index is 453. The molecule has 0 N–H and O–H groups in total. The predicted octanol–water partition coefficient (Wildman–Crippen LogP) is 2.42. The Morgan fingerprint density at radius 1 is 1.25 bits per heavy atom. The van der Waals surface area contributed by atoms with Gasteiger partial charge in [-0.1, -0.05) is 18.2 Å². The predicted molar refractivity (Wildman–Crippen MR) is 61.9 cm³/mol. The van der Waals surface area contributed by atoms with Crippen molar-refractivity contribution in [3.05, 3.63) is 29.8 Å². The molecule has 1 unspecified atom stereocenters. The number of anilines is 1. The summed E-state index contributed by atoms with van der Waals surface area (Å²) in [4.78, 5) is 2.21. The molecule has 1 aromatic carbocycles. The van der Waals surface area contributed by atoms with Gasteiger partial charge in [0.15, 0.2) is 0 Å². The minimum Gasteiger partial charge on any atom is -0.370 e. The smallest absolute Gasteiger partial charge is 0.0640 e. The number of hydrogen-bond acceptors (Lipinski definition) is 3. The fourth-order valence-electron chi connectivity index (χ4n) is 2.26. The van der Waals surface area contributed by atoms with Crippen LogP contribution in [0.25, 0.3) is 0 Å². The minimum atomic E-state index is 0.305. The zero-order valence-electron chi connectivity index (χ0n) is 9.06. The van der Waals surface area contributed by atoms with Crippen molar-refractivity contribution in [2.75, 3.05) is 18.0 Å². The number of benzene rings is 1. The van der Waals surface area contributed by atoms with Gasteiger partial charge in [-0.25, -0.2) is 0 Å². The highest BCUT2D eigenvalue weighted by Gasteiger charge is 2.27. The quantitative estimate of drug-likeness (QED) is 0.771. The highest BCUT2D eigenvalue weighted by atomic mass is 15.1. The van der Waals surface area contributed by atoms with Crippen LogP contribution in [0.1, 0.15) is 24.3 Å². The zero-order chi connectivity index (χ0) is 11.4. The summed E-state index contributed by atoms with van der Waals surface area (Å²) in [6, 6.07) is 12.6. The maximum absolute atomic E-state index is 8.79. The lowest BCUT2D eigenvalue weighted by molar-refractivity contribution is 0.707. The number of para-hydroxylation sites is 1. The van der Waals surface area contributed by atoms with E-state index in [1.807, 2.05) is 12.1 Å². The highest BCUT2D eigenvalue weighted by Crippen LogP contribution is 2.37. The van der Waals surface area contributed by atoms with Gasteiger partial charge in [0.2, 0.25) is 0 Å². The van der Waals surface area contributed by atoms with Gasteiger partial charge in [-0.05, 0) is 11.6 Å². The standard InChI is InChI=1S/C13H13N3/c14-7-3-9-16-10-11(6-8-15)12-4-1-2-5-13(12)16/h1-2,4-5,11H,3,6,9-10H2. The second kappa shape index (κ2) is 4.68. The first-order valence-electron chi connectivity index (χ1n) is 5.44. The van der Waals surface area contributed by atoms with Crippen molar-refractivity contribution in [3.63, 3.8) is 0 Å². The molecule has 2 rings (SSSR count). The molecule has 0 fully saturated rings. The molecule has 0 aromatic heterocycles. The van der Waals surface area contributed by atoms with E-state index in [1.54, 1.807) is 0 Å². The largest absolute Gasteiger partial charge is 0.370 e. The Labute approximate surface area is 95.5 Å². The number of hydrogen-bond donors (Lipinski definition) is 0. The first-order valence-corrected chi connectivity index (χ1v) is 5.44. The second-order valence-corrected chi connectivity index (χ2v) is 3.97. The second-order valence-electron chi connectivity index (χ2n) is 3.97. The van der Waals surface area contributed by atoms with Crippen LogP contribution in [0.3, 0.4) is 0 Å². The highest BCUT2D eigenvalue weighted by molar-refractivity contribution is 5.60. The van der Waals surface area contributed by atoms with E-state index in [0.29, 0.717) is 18.8 Å². The summed E-state index contributed by atoms with van der Waals surface area (Å²) >= 11 is 0. The third-order valence-electron chi connectivity index (χ3n) is 2.99. The van der Waals surface area contributed by atoms with Crippen LogP contribution in [0.4, 0.5) is 5.69 Å². The van der Waals surface area contributed by atoms with Crippen LogP contribution in [0, 0.1) is 22.7 Å². The molecule has 1 aliphatic heterocycles. The number of fused-ring (bicyclic) bond motifs is 1. The summed E-state index contributed by atoms with van der Waals surface area (Å²) in [5.41, 5.74) is 2.44. The van der Waals surface area contributed by atoms with E-state index in [1.165, 1.54) is 11.3 Å². The molecule has 0 bridgehead atoms. The van der Waals surface area contributed by atoms with Crippen molar-refractivity contribution in [2.24, 2.45) is 0 Å². The van der Waals surface area contributed by atoms with Gasteiger partial charge in [-0.15, -0.1) is 0 Å². The Morgan fingerprint density at radius 3 is 2.81 bits per heavy atom. The third kappa shape index (κ3) is 1.85. The molecule has 1 aromatic rings. The third-order valence-corrected chi connectivity index (χ3v) is 2.99. The molecule has 3 heteroatoms. The van der Waals surface area contributed by atoms with Crippen molar-refractivity contribution in [2.45, 2.75) is 18.8 Å². The fraction of sp³-hybridized carbons (Fsp3) is 0.385. The average molecular weight is 211 g/mol. The lowest BCUT2D eigenvalue weighted by Gasteiger charge is -2.17. The molecule has 1 atom stereocenters. The number of rotatable bonds is 3. The van der Waals surface area contributed by atoms with E-state index < -0.39 is 0 Å². The van der Waals surface area contributed by atoms with Gasteiger partial charge in [-0.2, -0.15) is 10.5 Å². The van der Waals surface area contributed by atoms with E-state index in [-0.39, 0.29) is 0 Å². The van der Waals surface area contributed by atoms with Crippen molar-refractivity contribution in [1.82, 2.24) is 0 Å². The maximum Gasteiger partial charge on any atom is 0.0640 e. The lowest BCUT2D eigenvalue weighted by Crippen LogP contribution is -2.22. The Kier molecular flexibility index (Phi) is 3.08. The molecule has 0 aliphatic carbocycles. The van der Waals surface area contributed by atoms with Crippen LogP contribution in [0.2, 0.25) is 0 Å². The summed E-state index contributed by atoms with van der Waals surface area (Å²) < 4.78 is 0. The summed E-state index contributed by atoms with van der Waals surface area (Å²) in [7, 11) is 0. The first kappa shape index (κ1) is 10.5. The molecule has 0 radical (unpaired) electrons. The zero-order valence-corrected chi connectivity index (χ0v) is 9.06. The average Bonchev–Trinajstić information content (AvgIpc) is 2.66. The monoisotopic (exact) mass is 211 g/mol. The van der Waals surface area contributed by atoms with Gasteiger partial charge in [0, 0.05) is 31.1 Å². The van der Waals surface area contributed by atoms with E-state index in [4.69, 9.17) is 10.5 Å². The molecular formula is C13H13N3. The maximum atomic E-state index is 8.79. The van der Waals surface area contributed by atoms with E-state index in [0.717, 1.165) is 13.1 Å². The van der Waals surface area contributed by atoms with Crippen LogP contribution < -0.4 is 4.90 Å². The van der Waals surface area contributed by atoms with Crippen molar-refractivity contribution < 1.29 is 0 Å². The molecule has 80 valence electrons. The fourth-order valence-corrected chi connectivity index (χ4v) is 2.26.